The lowest BCUT2D eigenvalue weighted by Gasteiger charge is -2.36. The number of nitrogen functional groups attached to an aromatic ring is 1. The Morgan fingerprint density at radius 1 is 1.50 bits per heavy atom. The number of hydrogen-bond acceptors (Lipinski definition) is 5. The molecule has 2 rings (SSSR count). The van der Waals surface area contributed by atoms with Crippen molar-refractivity contribution in [1.29, 1.82) is 0 Å². The molecule has 1 aromatic carbocycles. The Labute approximate surface area is 117 Å². The first-order chi connectivity index (χ1) is 9.60. The average Bonchev–Trinajstić information content (AvgIpc) is 2.48. The van der Waals surface area contributed by atoms with E-state index in [4.69, 9.17) is 15.2 Å². The van der Waals surface area contributed by atoms with Gasteiger partial charge in [0.2, 0.25) is 0 Å². The Hall–Kier alpha value is -1.79. The van der Waals surface area contributed by atoms with Gasteiger partial charge in [-0.1, -0.05) is 0 Å². The molecule has 0 atom stereocenters. The molecule has 0 radical (unpaired) electrons. The van der Waals surface area contributed by atoms with E-state index in [0.717, 1.165) is 0 Å². The number of carbonyl (C=O) groups excluding carboxylic acids is 1. The van der Waals surface area contributed by atoms with Crippen molar-refractivity contribution >= 4 is 11.6 Å². The fourth-order valence-corrected chi connectivity index (χ4v) is 2.27. The van der Waals surface area contributed by atoms with Crippen LogP contribution in [0.5, 0.6) is 5.75 Å². The van der Waals surface area contributed by atoms with Gasteiger partial charge in [-0.15, -0.1) is 0 Å². The van der Waals surface area contributed by atoms with Gasteiger partial charge in [-0.25, -0.2) is 0 Å². The molecule has 110 valence electrons. The number of carbonyl (C=O) groups is 1. The quantitative estimate of drug-likeness (QED) is 0.700. The number of methoxy groups -OCH3 is 1. The summed E-state index contributed by atoms with van der Waals surface area (Å²) in [4.78, 5) is 12.3. The van der Waals surface area contributed by atoms with Gasteiger partial charge in [0.05, 0.1) is 24.9 Å². The zero-order valence-corrected chi connectivity index (χ0v) is 11.5. The summed E-state index contributed by atoms with van der Waals surface area (Å²) in [5.74, 6) is 0.278. The highest BCUT2D eigenvalue weighted by atomic mass is 16.5. The topological polar surface area (TPSA) is 93.8 Å². The molecule has 1 saturated heterocycles. The number of rotatable bonds is 4. The zero-order chi connectivity index (χ0) is 14.6. The minimum Gasteiger partial charge on any atom is -0.495 e. The van der Waals surface area contributed by atoms with Gasteiger partial charge in [0.1, 0.15) is 5.75 Å². The molecule has 1 aliphatic rings. The second-order valence-electron chi connectivity index (χ2n) is 4.96. The van der Waals surface area contributed by atoms with Crippen molar-refractivity contribution in [3.63, 3.8) is 0 Å². The summed E-state index contributed by atoms with van der Waals surface area (Å²) < 4.78 is 10.3. The van der Waals surface area contributed by atoms with E-state index in [1.807, 2.05) is 0 Å². The zero-order valence-electron chi connectivity index (χ0n) is 11.5. The Morgan fingerprint density at radius 2 is 2.20 bits per heavy atom. The molecule has 1 aromatic rings. The standard InChI is InChI=1S/C14H20N2O4/c1-19-12-3-2-10(8-11(12)15)13(18)16-14(9-17)4-6-20-7-5-14/h2-3,8,17H,4-7,9,15H2,1H3,(H,16,18). The second kappa shape index (κ2) is 6.11. The van der Waals surface area contributed by atoms with Crippen molar-refractivity contribution < 1.29 is 19.4 Å². The molecule has 1 amide bonds. The maximum atomic E-state index is 12.3. The van der Waals surface area contributed by atoms with Gasteiger partial charge in [-0.2, -0.15) is 0 Å². The first-order valence-electron chi connectivity index (χ1n) is 6.55. The number of nitrogens with two attached hydrogens (primary N) is 1. The van der Waals surface area contributed by atoms with Crippen LogP contribution in [-0.2, 0) is 4.74 Å². The number of hydrogen-bond donors (Lipinski definition) is 3. The van der Waals surface area contributed by atoms with Crippen molar-refractivity contribution in [1.82, 2.24) is 5.32 Å². The van der Waals surface area contributed by atoms with E-state index in [1.165, 1.54) is 7.11 Å². The monoisotopic (exact) mass is 280 g/mol. The largest absolute Gasteiger partial charge is 0.495 e. The van der Waals surface area contributed by atoms with Crippen molar-refractivity contribution in [2.24, 2.45) is 0 Å². The van der Waals surface area contributed by atoms with E-state index in [1.54, 1.807) is 18.2 Å². The van der Waals surface area contributed by atoms with Gasteiger partial charge in [-0.05, 0) is 31.0 Å². The molecular weight excluding hydrogens is 260 g/mol. The third kappa shape index (κ3) is 3.02. The number of amides is 1. The Morgan fingerprint density at radius 3 is 2.75 bits per heavy atom. The Bertz CT molecular complexity index is 484. The van der Waals surface area contributed by atoms with Gasteiger partial charge in [0, 0.05) is 18.8 Å². The summed E-state index contributed by atoms with van der Waals surface area (Å²) in [6.07, 6.45) is 1.20. The summed E-state index contributed by atoms with van der Waals surface area (Å²) in [5, 5.41) is 12.5. The molecule has 20 heavy (non-hydrogen) atoms. The van der Waals surface area contributed by atoms with E-state index in [9.17, 15) is 9.90 Å². The molecule has 0 saturated carbocycles. The average molecular weight is 280 g/mol. The fourth-order valence-electron chi connectivity index (χ4n) is 2.27. The van der Waals surface area contributed by atoms with Crippen LogP contribution in [0.15, 0.2) is 18.2 Å². The number of ether oxygens (including phenoxy) is 2. The second-order valence-corrected chi connectivity index (χ2v) is 4.96. The van der Waals surface area contributed by atoms with E-state index < -0.39 is 5.54 Å². The highest BCUT2D eigenvalue weighted by molar-refractivity contribution is 5.96. The Kier molecular flexibility index (Phi) is 4.46. The predicted molar refractivity (Wildman–Crippen MR) is 74.7 cm³/mol. The third-order valence-electron chi connectivity index (χ3n) is 3.62. The van der Waals surface area contributed by atoms with Crippen LogP contribution in [0.4, 0.5) is 5.69 Å². The maximum Gasteiger partial charge on any atom is 0.251 e. The number of nitrogens with one attached hydrogen (secondary N) is 1. The van der Waals surface area contributed by atoms with Crippen LogP contribution >= 0.6 is 0 Å². The number of aliphatic hydroxyl groups is 1. The van der Waals surface area contributed by atoms with Crippen LogP contribution < -0.4 is 15.8 Å². The maximum absolute atomic E-state index is 12.3. The van der Waals surface area contributed by atoms with Crippen LogP contribution in [-0.4, -0.2) is 43.5 Å². The van der Waals surface area contributed by atoms with E-state index >= 15 is 0 Å². The third-order valence-corrected chi connectivity index (χ3v) is 3.62. The Balaban J connectivity index is 2.12. The van der Waals surface area contributed by atoms with Crippen LogP contribution in [0.3, 0.4) is 0 Å². The first-order valence-corrected chi connectivity index (χ1v) is 6.55. The summed E-state index contributed by atoms with van der Waals surface area (Å²) in [6.45, 7) is 0.963. The molecule has 0 spiro atoms. The lowest BCUT2D eigenvalue weighted by Crippen LogP contribution is -2.54. The van der Waals surface area contributed by atoms with Crippen LogP contribution in [0.25, 0.3) is 0 Å². The van der Waals surface area contributed by atoms with Crippen LogP contribution in [0.1, 0.15) is 23.2 Å². The van der Waals surface area contributed by atoms with E-state index in [0.29, 0.717) is 43.1 Å². The van der Waals surface area contributed by atoms with Gasteiger partial charge >= 0.3 is 0 Å². The summed E-state index contributed by atoms with van der Waals surface area (Å²) in [7, 11) is 1.52. The van der Waals surface area contributed by atoms with Crippen molar-refractivity contribution in [2.75, 3.05) is 32.7 Å². The molecule has 1 aliphatic heterocycles. The minimum absolute atomic E-state index is 0.103. The summed E-state index contributed by atoms with van der Waals surface area (Å²) in [6, 6.07) is 4.87. The van der Waals surface area contributed by atoms with E-state index in [2.05, 4.69) is 5.32 Å². The number of benzene rings is 1. The van der Waals surface area contributed by atoms with Gasteiger partial charge in [-0.3, -0.25) is 4.79 Å². The fraction of sp³-hybridized carbons (Fsp3) is 0.500. The minimum atomic E-state index is -0.607. The lowest BCUT2D eigenvalue weighted by atomic mass is 9.90. The molecule has 0 unspecified atom stereocenters. The molecule has 0 aliphatic carbocycles. The lowest BCUT2D eigenvalue weighted by molar-refractivity contribution is 0.0125. The molecule has 4 N–H and O–H groups in total. The van der Waals surface area contributed by atoms with Gasteiger partial charge in [0.15, 0.2) is 0 Å². The molecule has 1 heterocycles. The number of aliphatic hydroxyl groups excluding tert-OH is 1. The van der Waals surface area contributed by atoms with Gasteiger partial charge < -0.3 is 25.6 Å². The van der Waals surface area contributed by atoms with Crippen molar-refractivity contribution in [3.8, 4) is 5.75 Å². The van der Waals surface area contributed by atoms with Crippen molar-refractivity contribution in [3.05, 3.63) is 23.8 Å². The molecule has 6 heteroatoms. The highest BCUT2D eigenvalue weighted by Crippen LogP contribution is 2.24. The van der Waals surface area contributed by atoms with Crippen LogP contribution in [0, 0.1) is 0 Å². The summed E-state index contributed by atoms with van der Waals surface area (Å²) >= 11 is 0. The highest BCUT2D eigenvalue weighted by Gasteiger charge is 2.33. The molecule has 1 fully saturated rings. The summed E-state index contributed by atoms with van der Waals surface area (Å²) in [5.41, 5.74) is 6.04. The SMILES string of the molecule is COc1ccc(C(=O)NC2(CO)CCOCC2)cc1N. The predicted octanol–water partition coefficient (Wildman–Crippen LogP) is 0.549. The number of anilines is 1. The molecule has 0 aromatic heterocycles. The van der Waals surface area contributed by atoms with Crippen LogP contribution in [0.2, 0.25) is 0 Å². The molecular formula is C14H20N2O4. The first kappa shape index (κ1) is 14.6. The molecule has 6 nitrogen and oxygen atoms in total. The van der Waals surface area contributed by atoms with Gasteiger partial charge in [0.25, 0.3) is 5.91 Å². The van der Waals surface area contributed by atoms with Crippen molar-refractivity contribution in [2.45, 2.75) is 18.4 Å². The normalized spacial score (nSPS) is 17.5. The smallest absolute Gasteiger partial charge is 0.251 e. The molecule has 0 bridgehead atoms. The van der Waals surface area contributed by atoms with E-state index in [-0.39, 0.29) is 12.5 Å².